The zero-order valence-electron chi connectivity index (χ0n) is 16.3. The Kier molecular flexibility index (Phi) is 3.67. The van der Waals surface area contributed by atoms with Crippen molar-refractivity contribution < 1.29 is 14.6 Å². The number of hydrogen-bond donors (Lipinski definition) is 1. The third-order valence-corrected chi connectivity index (χ3v) is 9.73. The number of nitrogens with zero attached hydrogens (tertiary/aromatic N) is 1. The van der Waals surface area contributed by atoms with Crippen LogP contribution in [0, 0.1) is 45.8 Å². The molecule has 5 fully saturated rings. The minimum absolute atomic E-state index is 0.163. The molecule has 26 heavy (non-hydrogen) atoms. The molecule has 0 unspecified atom stereocenters. The summed E-state index contributed by atoms with van der Waals surface area (Å²) in [6.07, 6.45) is 9.51. The summed E-state index contributed by atoms with van der Waals surface area (Å²) in [6.45, 7) is 6.42. The van der Waals surface area contributed by atoms with E-state index in [0.29, 0.717) is 30.1 Å². The fourth-order valence-electron chi connectivity index (χ4n) is 8.23. The van der Waals surface area contributed by atoms with Gasteiger partial charge in [-0.25, -0.2) is 0 Å². The molecule has 1 saturated heterocycles. The van der Waals surface area contributed by atoms with Gasteiger partial charge in [-0.1, -0.05) is 13.8 Å². The average molecular weight is 360 g/mol. The summed E-state index contributed by atoms with van der Waals surface area (Å²) < 4.78 is 12.5. The highest BCUT2D eigenvalue weighted by atomic mass is 16.7. The van der Waals surface area contributed by atoms with Gasteiger partial charge in [0.2, 0.25) is 0 Å². The first-order chi connectivity index (χ1) is 12.4. The molecule has 1 heterocycles. The Balaban J connectivity index is 1.43. The third-order valence-electron chi connectivity index (χ3n) is 9.73. The Bertz CT molecular complexity index is 638. The van der Waals surface area contributed by atoms with Crippen LogP contribution in [0.25, 0.3) is 0 Å². The second kappa shape index (κ2) is 5.46. The van der Waals surface area contributed by atoms with Gasteiger partial charge in [0.1, 0.15) is 0 Å². The van der Waals surface area contributed by atoms with E-state index in [1.807, 2.05) is 0 Å². The molecule has 4 nitrogen and oxygen atoms in total. The fourth-order valence-corrected chi connectivity index (χ4v) is 8.23. The van der Waals surface area contributed by atoms with E-state index in [-0.39, 0.29) is 11.2 Å². The maximum atomic E-state index is 10.6. The highest BCUT2D eigenvalue weighted by Crippen LogP contribution is 2.69. The molecule has 1 N–H and O–H groups in total. The molecule has 5 rings (SSSR count). The van der Waals surface area contributed by atoms with Crippen molar-refractivity contribution in [2.45, 2.75) is 83.0 Å². The van der Waals surface area contributed by atoms with Gasteiger partial charge in [0.15, 0.2) is 11.4 Å². The Morgan fingerprint density at radius 3 is 2.38 bits per heavy atom. The van der Waals surface area contributed by atoms with E-state index >= 15 is 0 Å². The lowest BCUT2D eigenvalue weighted by Gasteiger charge is -2.61. The standard InChI is InChI=1S/C22H33NO3/c1-19-9-10-21(24,14-23)13-15(19)3-4-16-17(19)5-7-20(2)18(16)6-8-22(20)25-11-12-26-22/h15-18,24H,3-13H2,1-2H3/t15-,16+,17-,18+,19+,20+,21+/m0/s1. The first kappa shape index (κ1) is 17.5. The van der Waals surface area contributed by atoms with Gasteiger partial charge in [-0.05, 0) is 80.5 Å². The molecule has 4 heteroatoms. The van der Waals surface area contributed by atoms with Crippen molar-refractivity contribution >= 4 is 0 Å². The van der Waals surface area contributed by atoms with Crippen LogP contribution in [0.1, 0.15) is 71.6 Å². The van der Waals surface area contributed by atoms with Crippen molar-refractivity contribution in [1.82, 2.24) is 0 Å². The molecule has 144 valence electrons. The van der Waals surface area contributed by atoms with E-state index in [4.69, 9.17) is 9.47 Å². The smallest absolute Gasteiger partial charge is 0.174 e. The van der Waals surface area contributed by atoms with Crippen LogP contribution in [0.3, 0.4) is 0 Å². The van der Waals surface area contributed by atoms with Crippen LogP contribution in [0.4, 0.5) is 0 Å². The number of nitriles is 1. The summed E-state index contributed by atoms with van der Waals surface area (Å²) in [7, 11) is 0. The maximum absolute atomic E-state index is 10.6. The molecule has 0 aromatic rings. The molecule has 5 aliphatic rings. The number of aliphatic hydroxyl groups is 1. The lowest BCUT2D eigenvalue weighted by molar-refractivity contribution is -0.248. The van der Waals surface area contributed by atoms with Gasteiger partial charge in [-0.2, -0.15) is 5.26 Å². The molecular weight excluding hydrogens is 326 g/mol. The number of ether oxygens (including phenoxy) is 2. The minimum atomic E-state index is -1.08. The average Bonchev–Trinajstić information content (AvgIpc) is 3.22. The highest BCUT2D eigenvalue weighted by molar-refractivity contribution is 5.15. The van der Waals surface area contributed by atoms with Gasteiger partial charge in [-0.15, -0.1) is 0 Å². The van der Waals surface area contributed by atoms with E-state index in [2.05, 4.69) is 19.9 Å². The van der Waals surface area contributed by atoms with Gasteiger partial charge in [-0.3, -0.25) is 0 Å². The highest BCUT2D eigenvalue weighted by Gasteiger charge is 2.67. The van der Waals surface area contributed by atoms with Crippen LogP contribution in [0.5, 0.6) is 0 Å². The first-order valence-electron chi connectivity index (χ1n) is 10.8. The van der Waals surface area contributed by atoms with E-state index in [9.17, 15) is 10.4 Å². The molecule has 7 atom stereocenters. The summed E-state index contributed by atoms with van der Waals surface area (Å²) >= 11 is 0. The number of hydrogen-bond acceptors (Lipinski definition) is 4. The van der Waals surface area contributed by atoms with Crippen LogP contribution in [-0.2, 0) is 9.47 Å². The van der Waals surface area contributed by atoms with Crippen LogP contribution in [0.2, 0.25) is 0 Å². The Morgan fingerprint density at radius 2 is 1.65 bits per heavy atom. The lowest BCUT2D eigenvalue weighted by atomic mass is 9.44. The predicted molar refractivity (Wildman–Crippen MR) is 96.9 cm³/mol. The topological polar surface area (TPSA) is 62.5 Å². The molecule has 1 spiro atoms. The van der Waals surface area contributed by atoms with E-state index in [1.165, 1.54) is 32.1 Å². The summed E-state index contributed by atoms with van der Waals surface area (Å²) in [5.41, 5.74) is -0.625. The Labute approximate surface area is 157 Å². The second-order valence-electron chi connectivity index (χ2n) is 10.4. The Morgan fingerprint density at radius 1 is 0.923 bits per heavy atom. The number of rotatable bonds is 0. The quantitative estimate of drug-likeness (QED) is 0.663. The van der Waals surface area contributed by atoms with Crippen LogP contribution in [-0.4, -0.2) is 29.7 Å². The molecule has 0 bridgehead atoms. The van der Waals surface area contributed by atoms with Crippen LogP contribution >= 0.6 is 0 Å². The molecule has 4 aliphatic carbocycles. The second-order valence-corrected chi connectivity index (χ2v) is 10.4. The van der Waals surface area contributed by atoms with Crippen molar-refractivity contribution in [2.24, 2.45) is 34.5 Å². The molecule has 0 amide bonds. The largest absolute Gasteiger partial charge is 0.375 e. The van der Waals surface area contributed by atoms with Gasteiger partial charge >= 0.3 is 0 Å². The SMILES string of the molecule is C[C@@]12CC[C@](O)(C#N)C[C@@H]1CC[C@H]1[C@H]3CCC4(OCCO4)[C@]3(C)CC[C@@H]12. The van der Waals surface area contributed by atoms with Gasteiger partial charge in [0.25, 0.3) is 0 Å². The molecule has 0 radical (unpaired) electrons. The summed E-state index contributed by atoms with van der Waals surface area (Å²) in [5.74, 6) is 2.39. The monoisotopic (exact) mass is 359 g/mol. The molecule has 0 aromatic carbocycles. The third kappa shape index (κ3) is 2.06. The normalized spacial score (nSPS) is 55.0. The molecular formula is C22H33NO3. The lowest BCUT2D eigenvalue weighted by Crippen LogP contribution is -2.58. The van der Waals surface area contributed by atoms with Crippen molar-refractivity contribution in [2.75, 3.05) is 13.2 Å². The minimum Gasteiger partial charge on any atom is -0.375 e. The summed E-state index contributed by atoms with van der Waals surface area (Å²) in [6, 6.07) is 2.20. The van der Waals surface area contributed by atoms with E-state index in [1.54, 1.807) is 0 Å². The van der Waals surface area contributed by atoms with Crippen molar-refractivity contribution in [3.8, 4) is 6.07 Å². The fraction of sp³-hybridized carbons (Fsp3) is 0.955. The van der Waals surface area contributed by atoms with Gasteiger partial charge < -0.3 is 14.6 Å². The predicted octanol–water partition coefficient (Wildman–Crippen LogP) is 4.03. The zero-order valence-corrected chi connectivity index (χ0v) is 16.3. The van der Waals surface area contributed by atoms with E-state index in [0.717, 1.165) is 37.9 Å². The van der Waals surface area contributed by atoms with E-state index < -0.39 is 5.60 Å². The molecule has 1 aliphatic heterocycles. The zero-order chi connectivity index (χ0) is 18.2. The van der Waals surface area contributed by atoms with Gasteiger partial charge in [0.05, 0.1) is 19.3 Å². The first-order valence-corrected chi connectivity index (χ1v) is 10.8. The van der Waals surface area contributed by atoms with Crippen LogP contribution in [0.15, 0.2) is 0 Å². The van der Waals surface area contributed by atoms with Crippen molar-refractivity contribution in [3.05, 3.63) is 0 Å². The molecule has 0 aromatic heterocycles. The van der Waals surface area contributed by atoms with Crippen molar-refractivity contribution in [1.29, 1.82) is 5.26 Å². The molecule has 4 saturated carbocycles. The Hall–Kier alpha value is -0.630. The van der Waals surface area contributed by atoms with Crippen LogP contribution < -0.4 is 0 Å². The van der Waals surface area contributed by atoms with Gasteiger partial charge in [0, 0.05) is 11.8 Å². The van der Waals surface area contributed by atoms with Crippen molar-refractivity contribution in [3.63, 3.8) is 0 Å². The maximum Gasteiger partial charge on any atom is 0.174 e. The summed E-state index contributed by atoms with van der Waals surface area (Å²) in [5, 5.41) is 20.0. The summed E-state index contributed by atoms with van der Waals surface area (Å²) in [4.78, 5) is 0. The number of fused-ring (bicyclic) bond motifs is 6.